The van der Waals surface area contributed by atoms with Crippen molar-refractivity contribution in [3.8, 4) is 22.2 Å². The summed E-state index contributed by atoms with van der Waals surface area (Å²) in [5.74, 6) is 2.29. The zero-order valence-corrected chi connectivity index (χ0v) is 10.8. The highest BCUT2D eigenvalue weighted by Gasteiger charge is 2.16. The van der Waals surface area contributed by atoms with Gasteiger partial charge in [-0.2, -0.15) is 0 Å². The first-order valence-electron chi connectivity index (χ1n) is 5.94. The van der Waals surface area contributed by atoms with Gasteiger partial charge >= 0.3 is 0 Å². The standard InChI is InChI=1S/C13H11N3O2S/c14-7-1-4-19-12(7)13-15-8-5-10-11(6-9(8)16-13)18-3-2-17-10/h1,4-6H,2-3,14H2,(H,15,16). The third-order valence-electron chi connectivity index (χ3n) is 3.06. The minimum absolute atomic E-state index is 0.577. The lowest BCUT2D eigenvalue weighted by atomic mass is 10.2. The van der Waals surface area contributed by atoms with E-state index in [2.05, 4.69) is 9.97 Å². The lowest BCUT2D eigenvalue weighted by molar-refractivity contribution is 0.172. The predicted molar refractivity (Wildman–Crippen MR) is 74.8 cm³/mol. The van der Waals surface area contributed by atoms with Gasteiger partial charge in [0.1, 0.15) is 13.2 Å². The van der Waals surface area contributed by atoms with E-state index in [1.54, 1.807) is 11.3 Å². The summed E-state index contributed by atoms with van der Waals surface area (Å²) in [4.78, 5) is 8.79. The number of nitrogen functional groups attached to an aromatic ring is 1. The number of aromatic amines is 1. The van der Waals surface area contributed by atoms with Gasteiger partial charge in [-0.3, -0.25) is 0 Å². The Bertz CT molecular complexity index is 719. The maximum Gasteiger partial charge on any atom is 0.163 e. The number of thiophene rings is 1. The Morgan fingerprint density at radius 3 is 2.74 bits per heavy atom. The molecule has 3 heterocycles. The molecule has 0 fully saturated rings. The molecule has 19 heavy (non-hydrogen) atoms. The quantitative estimate of drug-likeness (QED) is 0.715. The molecular weight excluding hydrogens is 262 g/mol. The van der Waals surface area contributed by atoms with Crippen LogP contribution >= 0.6 is 11.3 Å². The van der Waals surface area contributed by atoms with Crippen molar-refractivity contribution in [2.45, 2.75) is 0 Å². The Morgan fingerprint density at radius 1 is 1.21 bits per heavy atom. The van der Waals surface area contributed by atoms with Crippen molar-refractivity contribution >= 4 is 28.1 Å². The van der Waals surface area contributed by atoms with Gasteiger partial charge in [0.25, 0.3) is 0 Å². The minimum atomic E-state index is 0.577. The molecule has 1 aliphatic rings. The van der Waals surface area contributed by atoms with Crippen molar-refractivity contribution in [2.24, 2.45) is 0 Å². The molecule has 1 aromatic carbocycles. The highest BCUT2D eigenvalue weighted by molar-refractivity contribution is 7.14. The molecule has 0 bridgehead atoms. The van der Waals surface area contributed by atoms with E-state index >= 15 is 0 Å². The van der Waals surface area contributed by atoms with Gasteiger partial charge in [-0.25, -0.2) is 4.98 Å². The number of hydrogen-bond acceptors (Lipinski definition) is 5. The van der Waals surface area contributed by atoms with Crippen LogP contribution in [-0.4, -0.2) is 23.2 Å². The Hall–Kier alpha value is -2.21. The largest absolute Gasteiger partial charge is 0.486 e. The molecule has 1 aliphatic heterocycles. The van der Waals surface area contributed by atoms with Crippen LogP contribution in [0.3, 0.4) is 0 Å². The number of imidazole rings is 1. The van der Waals surface area contributed by atoms with Crippen molar-refractivity contribution in [1.29, 1.82) is 0 Å². The molecule has 0 saturated heterocycles. The molecule has 0 saturated carbocycles. The Labute approximate surface area is 113 Å². The van der Waals surface area contributed by atoms with Gasteiger partial charge in [-0.05, 0) is 11.4 Å². The first-order valence-corrected chi connectivity index (χ1v) is 6.82. The van der Waals surface area contributed by atoms with Gasteiger partial charge in [0, 0.05) is 12.1 Å². The molecule has 0 atom stereocenters. The topological polar surface area (TPSA) is 73.2 Å². The third-order valence-corrected chi connectivity index (χ3v) is 3.99. The van der Waals surface area contributed by atoms with Crippen LogP contribution in [0.4, 0.5) is 5.69 Å². The van der Waals surface area contributed by atoms with Crippen molar-refractivity contribution in [1.82, 2.24) is 9.97 Å². The van der Waals surface area contributed by atoms with Gasteiger partial charge in [0.2, 0.25) is 0 Å². The SMILES string of the molecule is Nc1ccsc1-c1nc2cc3c(cc2[nH]1)OCCO3. The van der Waals surface area contributed by atoms with E-state index in [0.717, 1.165) is 38.9 Å². The van der Waals surface area contributed by atoms with Gasteiger partial charge in [-0.1, -0.05) is 0 Å². The summed E-state index contributed by atoms with van der Waals surface area (Å²) < 4.78 is 11.1. The third kappa shape index (κ3) is 1.64. The Morgan fingerprint density at radius 2 is 2.00 bits per heavy atom. The number of nitrogens with zero attached hydrogens (tertiary/aromatic N) is 1. The van der Waals surface area contributed by atoms with Gasteiger partial charge in [-0.15, -0.1) is 11.3 Å². The van der Waals surface area contributed by atoms with Crippen LogP contribution < -0.4 is 15.2 Å². The molecule has 5 nitrogen and oxygen atoms in total. The number of rotatable bonds is 1. The molecule has 2 aromatic heterocycles. The lowest BCUT2D eigenvalue weighted by Gasteiger charge is -2.17. The van der Waals surface area contributed by atoms with Crippen LogP contribution in [0, 0.1) is 0 Å². The van der Waals surface area contributed by atoms with E-state index in [4.69, 9.17) is 15.2 Å². The highest BCUT2D eigenvalue weighted by Crippen LogP contribution is 2.36. The number of ether oxygens (including phenoxy) is 2. The van der Waals surface area contributed by atoms with Crippen LogP contribution in [0.15, 0.2) is 23.6 Å². The molecule has 3 aromatic rings. The molecule has 0 radical (unpaired) electrons. The summed E-state index contributed by atoms with van der Waals surface area (Å²) >= 11 is 1.57. The fraction of sp³-hybridized carbons (Fsp3) is 0.154. The first kappa shape index (κ1) is 10.7. The molecule has 3 N–H and O–H groups in total. The van der Waals surface area contributed by atoms with Gasteiger partial charge in [0.05, 0.1) is 21.6 Å². The Kier molecular flexibility index (Phi) is 2.19. The first-order chi connectivity index (χ1) is 9.31. The van der Waals surface area contributed by atoms with E-state index in [1.165, 1.54) is 0 Å². The number of hydrogen-bond donors (Lipinski definition) is 2. The normalized spacial score (nSPS) is 13.9. The Balaban J connectivity index is 1.90. The summed E-state index contributed by atoms with van der Waals surface area (Å²) in [6, 6.07) is 5.70. The number of fused-ring (bicyclic) bond motifs is 2. The van der Waals surface area contributed by atoms with Crippen LogP contribution in [-0.2, 0) is 0 Å². The van der Waals surface area contributed by atoms with Crippen molar-refractivity contribution in [3.05, 3.63) is 23.6 Å². The van der Waals surface area contributed by atoms with Crippen LogP contribution in [0.5, 0.6) is 11.5 Å². The van der Waals surface area contributed by atoms with Crippen LogP contribution in [0.2, 0.25) is 0 Å². The van der Waals surface area contributed by atoms with Crippen LogP contribution in [0.1, 0.15) is 0 Å². The predicted octanol–water partition coefficient (Wildman–Crippen LogP) is 2.64. The number of anilines is 1. The fourth-order valence-corrected chi connectivity index (χ4v) is 2.93. The number of benzene rings is 1. The maximum absolute atomic E-state index is 5.92. The smallest absolute Gasteiger partial charge is 0.163 e. The summed E-state index contributed by atoms with van der Waals surface area (Å²) in [5, 5.41) is 1.95. The fourth-order valence-electron chi connectivity index (χ4n) is 2.17. The molecular formula is C13H11N3O2S. The van der Waals surface area contributed by atoms with E-state index in [-0.39, 0.29) is 0 Å². The van der Waals surface area contributed by atoms with E-state index in [0.29, 0.717) is 13.2 Å². The van der Waals surface area contributed by atoms with Gasteiger partial charge in [0.15, 0.2) is 17.3 Å². The molecule has 0 aliphatic carbocycles. The number of H-pyrrole nitrogens is 1. The number of aromatic nitrogens is 2. The number of nitrogens with two attached hydrogens (primary N) is 1. The molecule has 96 valence electrons. The second-order valence-corrected chi connectivity index (χ2v) is 5.22. The highest BCUT2D eigenvalue weighted by atomic mass is 32.1. The van der Waals surface area contributed by atoms with E-state index < -0.39 is 0 Å². The van der Waals surface area contributed by atoms with E-state index in [9.17, 15) is 0 Å². The van der Waals surface area contributed by atoms with E-state index in [1.807, 2.05) is 23.6 Å². The summed E-state index contributed by atoms with van der Waals surface area (Å²) in [6.07, 6.45) is 0. The molecule has 0 spiro atoms. The molecule has 0 unspecified atom stereocenters. The average molecular weight is 273 g/mol. The second-order valence-electron chi connectivity index (χ2n) is 4.30. The monoisotopic (exact) mass is 273 g/mol. The minimum Gasteiger partial charge on any atom is -0.486 e. The summed E-state index contributed by atoms with van der Waals surface area (Å²) in [5.41, 5.74) is 8.43. The molecule has 6 heteroatoms. The average Bonchev–Trinajstić information content (AvgIpc) is 3.01. The van der Waals surface area contributed by atoms with Gasteiger partial charge < -0.3 is 20.2 Å². The van der Waals surface area contributed by atoms with Crippen LogP contribution in [0.25, 0.3) is 21.7 Å². The summed E-state index contributed by atoms with van der Waals surface area (Å²) in [6.45, 7) is 1.16. The van der Waals surface area contributed by atoms with Crippen molar-refractivity contribution < 1.29 is 9.47 Å². The zero-order chi connectivity index (χ0) is 12.8. The van der Waals surface area contributed by atoms with Crippen molar-refractivity contribution in [3.63, 3.8) is 0 Å². The maximum atomic E-state index is 5.92. The van der Waals surface area contributed by atoms with Crippen molar-refractivity contribution in [2.75, 3.05) is 18.9 Å². The second kappa shape index (κ2) is 3.89. The summed E-state index contributed by atoms with van der Waals surface area (Å²) in [7, 11) is 0. The zero-order valence-electron chi connectivity index (χ0n) is 9.97. The lowest BCUT2D eigenvalue weighted by Crippen LogP contribution is -2.15. The molecule has 4 rings (SSSR count). The number of nitrogens with one attached hydrogen (secondary N) is 1. The molecule has 0 amide bonds.